The molecule has 0 unspecified atom stereocenters. The van der Waals surface area contributed by atoms with Crippen LogP contribution in [0.5, 0.6) is 0 Å². The molecule has 2 fully saturated rings. The van der Waals surface area contributed by atoms with Crippen molar-refractivity contribution in [2.75, 3.05) is 13.2 Å². The fourth-order valence-electron chi connectivity index (χ4n) is 4.47. The zero-order valence-electron chi connectivity index (χ0n) is 14.1. The first-order valence-electron chi connectivity index (χ1n) is 8.27. The van der Waals surface area contributed by atoms with Crippen LogP contribution in [-0.4, -0.2) is 35.1 Å². The minimum Gasteiger partial charge on any atom is -0.377 e. The monoisotopic (exact) mass is 291 g/mol. The largest absolute Gasteiger partial charge is 0.377 e. The van der Waals surface area contributed by atoms with Crippen LogP contribution in [0.3, 0.4) is 0 Å². The summed E-state index contributed by atoms with van der Waals surface area (Å²) in [5.74, 6) is 0.713. The predicted molar refractivity (Wildman–Crippen MR) is 84.4 cm³/mol. The lowest BCUT2D eigenvalue weighted by Gasteiger charge is -2.60. The van der Waals surface area contributed by atoms with E-state index in [1.807, 2.05) is 11.7 Å². The molecule has 1 aliphatic heterocycles. The molecule has 21 heavy (non-hydrogen) atoms. The summed E-state index contributed by atoms with van der Waals surface area (Å²) >= 11 is 0. The quantitative estimate of drug-likeness (QED) is 0.925. The smallest absolute Gasteiger partial charge is 0.0684 e. The zero-order chi connectivity index (χ0) is 15.2. The zero-order valence-corrected chi connectivity index (χ0v) is 14.1. The Hall–Kier alpha value is -0.870. The molecule has 2 aliphatic rings. The summed E-state index contributed by atoms with van der Waals surface area (Å²) in [5, 5.41) is 8.31. The number of ether oxygens (including phenoxy) is 1. The molecule has 1 saturated heterocycles. The van der Waals surface area contributed by atoms with E-state index in [2.05, 4.69) is 38.1 Å². The Morgan fingerprint density at radius 3 is 2.81 bits per heavy atom. The molecule has 4 heteroatoms. The first kappa shape index (κ1) is 15.0. The van der Waals surface area contributed by atoms with Gasteiger partial charge in [-0.2, -0.15) is 5.10 Å². The predicted octanol–water partition coefficient (Wildman–Crippen LogP) is 2.37. The van der Waals surface area contributed by atoms with Gasteiger partial charge in [0.2, 0.25) is 0 Å². The minimum atomic E-state index is 0.268. The molecule has 0 spiro atoms. The van der Waals surface area contributed by atoms with Gasteiger partial charge in [0.1, 0.15) is 0 Å². The van der Waals surface area contributed by atoms with Gasteiger partial charge in [-0.3, -0.25) is 4.68 Å². The maximum absolute atomic E-state index is 5.98. The van der Waals surface area contributed by atoms with Crippen molar-refractivity contribution in [3.05, 3.63) is 17.0 Å². The molecule has 1 N–H and O–H groups in total. The first-order chi connectivity index (χ1) is 9.93. The number of hydrogen-bond acceptors (Lipinski definition) is 3. The highest BCUT2D eigenvalue weighted by atomic mass is 16.5. The second kappa shape index (κ2) is 5.40. The van der Waals surface area contributed by atoms with Gasteiger partial charge < -0.3 is 10.1 Å². The van der Waals surface area contributed by atoms with Crippen molar-refractivity contribution in [3.8, 4) is 0 Å². The van der Waals surface area contributed by atoms with Gasteiger partial charge in [0.05, 0.1) is 11.8 Å². The van der Waals surface area contributed by atoms with E-state index in [9.17, 15) is 0 Å². The Morgan fingerprint density at radius 1 is 1.38 bits per heavy atom. The molecule has 1 aliphatic carbocycles. The van der Waals surface area contributed by atoms with Crippen LogP contribution >= 0.6 is 0 Å². The maximum atomic E-state index is 5.98. The summed E-state index contributed by atoms with van der Waals surface area (Å²) in [5.41, 5.74) is 4.13. The molecule has 0 radical (unpaired) electrons. The number of aryl methyl sites for hydroxylation is 2. The van der Waals surface area contributed by atoms with Crippen LogP contribution < -0.4 is 5.32 Å². The summed E-state index contributed by atoms with van der Waals surface area (Å²) < 4.78 is 7.96. The van der Waals surface area contributed by atoms with Gasteiger partial charge in [-0.15, -0.1) is 0 Å². The number of aromatic nitrogens is 2. The number of rotatable bonds is 4. The van der Waals surface area contributed by atoms with E-state index in [4.69, 9.17) is 4.74 Å². The van der Waals surface area contributed by atoms with Crippen LogP contribution in [0.1, 0.15) is 43.6 Å². The Kier molecular flexibility index (Phi) is 3.87. The van der Waals surface area contributed by atoms with Gasteiger partial charge in [0.15, 0.2) is 0 Å². The molecule has 4 nitrogen and oxygen atoms in total. The SMILES string of the molecule is Cc1nn(C)c(C)c1CCN[C@@H]1[C@H]2CCCO[C@@H]2C1(C)C. The Bertz CT molecular complexity index is 520. The second-order valence-electron chi connectivity index (χ2n) is 7.37. The summed E-state index contributed by atoms with van der Waals surface area (Å²) in [6, 6.07) is 0.597. The van der Waals surface area contributed by atoms with Crippen molar-refractivity contribution in [1.29, 1.82) is 0 Å². The molecule has 3 rings (SSSR count). The molecular formula is C17H29N3O. The molecule has 0 bridgehead atoms. The highest BCUT2D eigenvalue weighted by molar-refractivity contribution is 5.24. The van der Waals surface area contributed by atoms with E-state index in [0.717, 1.165) is 19.6 Å². The third-order valence-corrected chi connectivity index (χ3v) is 5.73. The third kappa shape index (κ3) is 2.42. The number of nitrogens with one attached hydrogen (secondary N) is 1. The molecule has 0 aromatic carbocycles. The van der Waals surface area contributed by atoms with Crippen molar-refractivity contribution in [3.63, 3.8) is 0 Å². The minimum absolute atomic E-state index is 0.268. The molecule has 1 aromatic rings. The van der Waals surface area contributed by atoms with Crippen LogP contribution in [0.15, 0.2) is 0 Å². The third-order valence-electron chi connectivity index (χ3n) is 5.73. The average Bonchev–Trinajstić information content (AvgIpc) is 2.69. The summed E-state index contributed by atoms with van der Waals surface area (Å²) in [6.07, 6.45) is 4.06. The van der Waals surface area contributed by atoms with Crippen molar-refractivity contribution in [2.24, 2.45) is 18.4 Å². The van der Waals surface area contributed by atoms with Crippen LogP contribution in [0.4, 0.5) is 0 Å². The van der Waals surface area contributed by atoms with Gasteiger partial charge >= 0.3 is 0 Å². The van der Waals surface area contributed by atoms with E-state index >= 15 is 0 Å². The fourth-order valence-corrected chi connectivity index (χ4v) is 4.47. The summed E-state index contributed by atoms with van der Waals surface area (Å²) in [7, 11) is 2.03. The van der Waals surface area contributed by atoms with Crippen molar-refractivity contribution >= 4 is 0 Å². The molecule has 1 aromatic heterocycles. The lowest BCUT2D eigenvalue weighted by atomic mass is 9.55. The van der Waals surface area contributed by atoms with E-state index in [1.54, 1.807) is 0 Å². The summed E-state index contributed by atoms with van der Waals surface area (Å²) in [6.45, 7) is 10.9. The number of hydrogen-bond donors (Lipinski definition) is 1. The highest BCUT2D eigenvalue weighted by Gasteiger charge is 2.57. The van der Waals surface area contributed by atoms with Crippen LogP contribution in [0.25, 0.3) is 0 Å². The topological polar surface area (TPSA) is 39.1 Å². The Labute approximate surface area is 128 Å². The molecule has 118 valence electrons. The lowest BCUT2D eigenvalue weighted by Crippen LogP contribution is -2.69. The molecule has 0 amide bonds. The van der Waals surface area contributed by atoms with E-state index < -0.39 is 0 Å². The van der Waals surface area contributed by atoms with Gasteiger partial charge in [0.25, 0.3) is 0 Å². The van der Waals surface area contributed by atoms with Crippen molar-refractivity contribution < 1.29 is 4.74 Å². The van der Waals surface area contributed by atoms with Gasteiger partial charge in [-0.25, -0.2) is 0 Å². The highest BCUT2D eigenvalue weighted by Crippen LogP contribution is 2.51. The van der Waals surface area contributed by atoms with Gasteiger partial charge in [-0.05, 0) is 45.2 Å². The Balaban J connectivity index is 1.58. The van der Waals surface area contributed by atoms with Gasteiger partial charge in [-0.1, -0.05) is 13.8 Å². The van der Waals surface area contributed by atoms with Gasteiger partial charge in [0, 0.05) is 36.7 Å². The average molecular weight is 291 g/mol. The molecule has 3 atom stereocenters. The van der Waals surface area contributed by atoms with Crippen LogP contribution in [-0.2, 0) is 18.2 Å². The van der Waals surface area contributed by atoms with Crippen molar-refractivity contribution in [1.82, 2.24) is 15.1 Å². The lowest BCUT2D eigenvalue weighted by molar-refractivity contribution is -0.192. The van der Waals surface area contributed by atoms with Crippen LogP contribution in [0, 0.1) is 25.2 Å². The van der Waals surface area contributed by atoms with E-state index in [1.165, 1.54) is 29.8 Å². The molecule has 2 heterocycles. The van der Waals surface area contributed by atoms with Crippen molar-refractivity contribution in [2.45, 2.75) is 59.1 Å². The van der Waals surface area contributed by atoms with E-state index in [-0.39, 0.29) is 5.41 Å². The van der Waals surface area contributed by atoms with E-state index in [0.29, 0.717) is 18.1 Å². The van der Waals surface area contributed by atoms with Crippen LogP contribution in [0.2, 0.25) is 0 Å². The second-order valence-corrected chi connectivity index (χ2v) is 7.37. The number of nitrogens with zero attached hydrogens (tertiary/aromatic N) is 2. The molecule has 1 saturated carbocycles. The Morgan fingerprint density at radius 2 is 2.14 bits per heavy atom. The molecular weight excluding hydrogens is 262 g/mol. The number of fused-ring (bicyclic) bond motifs is 1. The first-order valence-corrected chi connectivity index (χ1v) is 8.27. The maximum Gasteiger partial charge on any atom is 0.0684 e. The fraction of sp³-hybridized carbons (Fsp3) is 0.824. The standard InChI is InChI=1S/C17H29N3O/c1-11-13(12(2)20(5)19-11)8-9-18-15-14-7-6-10-21-16(14)17(15,3)4/h14-16,18H,6-10H2,1-5H3/t14-,15-,16+/m1/s1. The normalized spacial score (nSPS) is 30.8. The summed E-state index contributed by atoms with van der Waals surface area (Å²) in [4.78, 5) is 0.